The first kappa shape index (κ1) is 12.9. The lowest BCUT2D eigenvalue weighted by atomic mass is 9.59. The van der Waals surface area contributed by atoms with Crippen molar-refractivity contribution < 1.29 is 0 Å². The zero-order valence-corrected chi connectivity index (χ0v) is 11.7. The van der Waals surface area contributed by atoms with Crippen molar-refractivity contribution in [2.24, 2.45) is 5.92 Å². The summed E-state index contributed by atoms with van der Waals surface area (Å²) < 4.78 is 0. The van der Waals surface area contributed by atoms with Crippen molar-refractivity contribution >= 4 is 11.6 Å². The number of rotatable bonds is 4. The second-order valence-corrected chi connectivity index (χ2v) is 6.28. The number of halogens is 1. The summed E-state index contributed by atoms with van der Waals surface area (Å²) in [5, 5.41) is 4.44. The van der Waals surface area contributed by atoms with Gasteiger partial charge in [-0.15, -0.1) is 0 Å². The Hall–Kier alpha value is -0.530. The minimum Gasteiger partial charge on any atom is -0.314 e. The van der Waals surface area contributed by atoms with Crippen molar-refractivity contribution in [3.8, 4) is 0 Å². The summed E-state index contributed by atoms with van der Waals surface area (Å²) in [6.45, 7) is 7.80. The summed E-state index contributed by atoms with van der Waals surface area (Å²) in [7, 11) is 0. The van der Waals surface area contributed by atoms with Crippen LogP contribution in [-0.2, 0) is 5.41 Å². The third kappa shape index (κ3) is 2.83. The molecule has 1 N–H and O–H groups in total. The predicted octanol–water partition coefficient (Wildman–Crippen LogP) is 4.01. The molecule has 17 heavy (non-hydrogen) atoms. The lowest BCUT2D eigenvalue weighted by Crippen LogP contribution is -2.49. The molecule has 1 nitrogen and oxygen atoms in total. The van der Waals surface area contributed by atoms with Crippen LogP contribution < -0.4 is 5.32 Å². The van der Waals surface area contributed by atoms with E-state index in [9.17, 15) is 0 Å². The molecule has 1 aliphatic carbocycles. The van der Waals surface area contributed by atoms with E-state index in [2.05, 4.69) is 44.3 Å². The van der Waals surface area contributed by atoms with Gasteiger partial charge in [-0.3, -0.25) is 0 Å². The molecule has 94 valence electrons. The molecule has 1 fully saturated rings. The van der Waals surface area contributed by atoms with E-state index in [-0.39, 0.29) is 0 Å². The van der Waals surface area contributed by atoms with Gasteiger partial charge in [-0.2, -0.15) is 0 Å². The quantitative estimate of drug-likeness (QED) is 0.853. The Morgan fingerprint density at radius 3 is 2.65 bits per heavy atom. The van der Waals surface area contributed by atoms with E-state index in [0.29, 0.717) is 11.5 Å². The highest BCUT2D eigenvalue weighted by molar-refractivity contribution is 6.30. The maximum atomic E-state index is 6.11. The average molecular weight is 252 g/mol. The molecule has 0 aliphatic heterocycles. The Morgan fingerprint density at radius 1 is 1.41 bits per heavy atom. The normalized spacial score (nSPS) is 28.2. The fourth-order valence-electron chi connectivity index (χ4n) is 2.97. The molecule has 0 bridgehead atoms. The fraction of sp³-hybridized carbons (Fsp3) is 0.600. The molecule has 1 aromatic carbocycles. The summed E-state index contributed by atoms with van der Waals surface area (Å²) in [5.41, 5.74) is 1.71. The van der Waals surface area contributed by atoms with Crippen LogP contribution in [0.15, 0.2) is 24.3 Å². The van der Waals surface area contributed by atoms with Gasteiger partial charge in [-0.1, -0.05) is 44.5 Å². The highest BCUT2D eigenvalue weighted by Crippen LogP contribution is 2.47. The van der Waals surface area contributed by atoms with Gasteiger partial charge in [0.2, 0.25) is 0 Å². The van der Waals surface area contributed by atoms with Crippen LogP contribution in [0, 0.1) is 5.92 Å². The first-order chi connectivity index (χ1) is 8.02. The maximum absolute atomic E-state index is 6.11. The van der Waals surface area contributed by atoms with Crippen LogP contribution in [0.25, 0.3) is 0 Å². The Bertz CT molecular complexity index is 380. The van der Waals surface area contributed by atoms with E-state index < -0.39 is 0 Å². The second kappa shape index (κ2) is 4.99. The number of nitrogens with one attached hydrogen (secondary N) is 1. The van der Waals surface area contributed by atoms with Crippen molar-refractivity contribution in [1.29, 1.82) is 0 Å². The molecule has 0 radical (unpaired) electrons. The minimum atomic E-state index is 0.314. The van der Waals surface area contributed by atoms with Crippen molar-refractivity contribution in [1.82, 2.24) is 5.32 Å². The Labute approximate surface area is 110 Å². The van der Waals surface area contributed by atoms with Crippen LogP contribution in [0.2, 0.25) is 5.02 Å². The van der Waals surface area contributed by atoms with E-state index in [0.717, 1.165) is 17.5 Å². The van der Waals surface area contributed by atoms with Crippen LogP contribution >= 0.6 is 11.6 Å². The molecule has 1 aliphatic rings. The van der Waals surface area contributed by atoms with Crippen LogP contribution in [-0.4, -0.2) is 12.6 Å². The Kier molecular flexibility index (Phi) is 3.79. The summed E-state index contributed by atoms with van der Waals surface area (Å²) in [5.74, 6) is 0.836. The highest BCUT2D eigenvalue weighted by atomic mass is 35.5. The van der Waals surface area contributed by atoms with Gasteiger partial charge in [0.05, 0.1) is 0 Å². The topological polar surface area (TPSA) is 12.0 Å². The van der Waals surface area contributed by atoms with E-state index in [1.807, 2.05) is 6.07 Å². The zero-order valence-electron chi connectivity index (χ0n) is 11.0. The molecule has 2 rings (SSSR count). The molecule has 1 saturated carbocycles. The van der Waals surface area contributed by atoms with E-state index in [1.165, 1.54) is 18.4 Å². The third-order valence-electron chi connectivity index (χ3n) is 3.76. The molecule has 0 atom stereocenters. The summed E-state index contributed by atoms with van der Waals surface area (Å²) in [6, 6.07) is 8.92. The van der Waals surface area contributed by atoms with E-state index in [4.69, 9.17) is 11.6 Å². The first-order valence-electron chi connectivity index (χ1n) is 6.51. The van der Waals surface area contributed by atoms with Gasteiger partial charge in [0.1, 0.15) is 0 Å². The Balaban J connectivity index is 2.17. The smallest absolute Gasteiger partial charge is 0.0408 e. The molecule has 0 unspecified atom stereocenters. The van der Waals surface area contributed by atoms with Crippen LogP contribution in [0.4, 0.5) is 0 Å². The third-order valence-corrected chi connectivity index (χ3v) is 4.00. The van der Waals surface area contributed by atoms with Crippen LogP contribution in [0.3, 0.4) is 0 Å². The van der Waals surface area contributed by atoms with Crippen molar-refractivity contribution in [2.75, 3.05) is 6.54 Å². The highest BCUT2D eigenvalue weighted by Gasteiger charge is 2.43. The molecular formula is C15H22ClN. The van der Waals surface area contributed by atoms with Gasteiger partial charge < -0.3 is 5.32 Å². The summed E-state index contributed by atoms with van der Waals surface area (Å²) in [6.07, 6.45) is 2.54. The zero-order chi connectivity index (χ0) is 12.5. The van der Waals surface area contributed by atoms with Gasteiger partial charge in [0.15, 0.2) is 0 Å². The van der Waals surface area contributed by atoms with Crippen molar-refractivity contribution in [3.63, 3.8) is 0 Å². The Morgan fingerprint density at radius 2 is 2.12 bits per heavy atom. The van der Waals surface area contributed by atoms with E-state index >= 15 is 0 Å². The lowest BCUT2D eigenvalue weighted by molar-refractivity contribution is 0.149. The first-order valence-corrected chi connectivity index (χ1v) is 6.89. The predicted molar refractivity (Wildman–Crippen MR) is 74.7 cm³/mol. The lowest BCUT2D eigenvalue weighted by Gasteiger charge is -2.48. The minimum absolute atomic E-state index is 0.314. The van der Waals surface area contributed by atoms with Gasteiger partial charge in [-0.25, -0.2) is 0 Å². The molecule has 0 spiro atoms. The monoisotopic (exact) mass is 251 g/mol. The van der Waals surface area contributed by atoms with Crippen molar-refractivity contribution in [2.45, 2.75) is 45.1 Å². The number of hydrogen-bond donors (Lipinski definition) is 1. The SMILES string of the molecule is CC1CC(CNC(C)C)(c2cccc(Cl)c2)C1. The molecule has 1 aromatic rings. The van der Waals surface area contributed by atoms with Gasteiger partial charge in [0, 0.05) is 23.0 Å². The van der Waals surface area contributed by atoms with Gasteiger partial charge >= 0.3 is 0 Å². The maximum Gasteiger partial charge on any atom is 0.0408 e. The number of hydrogen-bond acceptors (Lipinski definition) is 1. The average Bonchev–Trinajstić information content (AvgIpc) is 2.22. The summed E-state index contributed by atoms with van der Waals surface area (Å²) >= 11 is 6.11. The fourth-order valence-corrected chi connectivity index (χ4v) is 3.16. The largest absolute Gasteiger partial charge is 0.314 e. The standard InChI is InChI=1S/C15H22ClN/c1-11(2)17-10-15(8-12(3)9-15)13-5-4-6-14(16)7-13/h4-7,11-12,17H,8-10H2,1-3H3. The molecule has 0 aromatic heterocycles. The van der Waals surface area contributed by atoms with Crippen LogP contribution in [0.1, 0.15) is 39.2 Å². The second-order valence-electron chi connectivity index (χ2n) is 5.84. The molecule has 0 amide bonds. The van der Waals surface area contributed by atoms with E-state index in [1.54, 1.807) is 0 Å². The van der Waals surface area contributed by atoms with Crippen LogP contribution in [0.5, 0.6) is 0 Å². The van der Waals surface area contributed by atoms with Crippen molar-refractivity contribution in [3.05, 3.63) is 34.9 Å². The summed E-state index contributed by atoms with van der Waals surface area (Å²) in [4.78, 5) is 0. The number of benzene rings is 1. The molecular weight excluding hydrogens is 230 g/mol. The molecule has 0 saturated heterocycles. The van der Waals surface area contributed by atoms with Gasteiger partial charge in [-0.05, 0) is 36.5 Å². The molecule has 2 heteroatoms. The van der Waals surface area contributed by atoms with Gasteiger partial charge in [0.25, 0.3) is 0 Å². The molecule has 0 heterocycles.